The molecule has 1 fully saturated rings. The Balaban J connectivity index is 1.32. The van der Waals surface area contributed by atoms with Gasteiger partial charge in [0.25, 0.3) is 11.8 Å². The topological polar surface area (TPSA) is 216 Å². The number of rotatable bonds is 7. The van der Waals surface area contributed by atoms with Crippen molar-refractivity contribution < 1.29 is 34.9 Å². The number of hydrogen-bond donors (Lipinski definition) is 6. The number of amides is 2. The number of carboxylic acids is 1. The molecule has 0 bridgehead atoms. The smallest absolute Gasteiger partial charge is 0.352 e. The molecule has 0 spiro atoms. The Morgan fingerprint density at radius 1 is 1.29 bits per heavy atom. The molecule has 1 unspecified atom stereocenters. The van der Waals surface area contributed by atoms with Gasteiger partial charge in [-0.05, 0) is 5.57 Å². The van der Waals surface area contributed by atoms with Crippen LogP contribution >= 0.6 is 23.1 Å². The van der Waals surface area contributed by atoms with Crippen molar-refractivity contribution >= 4 is 62.8 Å². The van der Waals surface area contributed by atoms with Gasteiger partial charge in [-0.3, -0.25) is 14.5 Å². The van der Waals surface area contributed by atoms with Gasteiger partial charge in [0.05, 0.1) is 17.4 Å². The highest BCUT2D eigenvalue weighted by molar-refractivity contribution is 8.00. The van der Waals surface area contributed by atoms with Crippen LogP contribution in [0.2, 0.25) is 0 Å². The number of aliphatic carboxylic acids is 1. The maximum atomic E-state index is 12.9. The molecule has 16 heteroatoms. The number of nitrogen functional groups attached to an aromatic ring is 1. The van der Waals surface area contributed by atoms with E-state index >= 15 is 0 Å². The van der Waals surface area contributed by atoms with E-state index in [2.05, 4.69) is 20.4 Å². The number of fused-ring (bicyclic) bond motifs is 2. The second-order valence-electron chi connectivity index (χ2n) is 8.19. The lowest BCUT2D eigenvalue weighted by atomic mass is 10.0. The lowest BCUT2D eigenvalue weighted by Crippen LogP contribution is -2.71. The summed E-state index contributed by atoms with van der Waals surface area (Å²) >= 11 is 2.32. The molecule has 2 atom stereocenters. The summed E-state index contributed by atoms with van der Waals surface area (Å²) in [5, 5.41) is 44.9. The molecule has 1 aromatic carbocycles. The third-order valence-electron chi connectivity index (χ3n) is 5.91. The van der Waals surface area contributed by atoms with Gasteiger partial charge in [-0.2, -0.15) is 0 Å². The van der Waals surface area contributed by atoms with Gasteiger partial charge in [0.15, 0.2) is 22.3 Å². The number of carbonyl (C=O) groups is 3. The second kappa shape index (κ2) is 9.71. The number of thiazole rings is 1. The van der Waals surface area contributed by atoms with Gasteiger partial charge < -0.3 is 36.1 Å². The number of β-lactam (4-membered cyclic amide) rings is 1. The number of imidazole rings is 1. The van der Waals surface area contributed by atoms with Crippen molar-refractivity contribution in [3.05, 3.63) is 53.0 Å². The number of carboxylic acid groups (broad SMARTS) is 1. The first-order chi connectivity index (χ1) is 18.2. The molecule has 38 heavy (non-hydrogen) atoms. The quantitative estimate of drug-likeness (QED) is 0.0779. The van der Waals surface area contributed by atoms with Crippen LogP contribution in [0.5, 0.6) is 11.5 Å². The first-order valence-corrected chi connectivity index (χ1v) is 12.8. The van der Waals surface area contributed by atoms with Crippen LogP contribution in [0.1, 0.15) is 5.69 Å². The second-order valence-corrected chi connectivity index (χ2v) is 10.2. The summed E-state index contributed by atoms with van der Waals surface area (Å²) in [4.78, 5) is 46.8. The standard InChI is InChI=1S/C22H19N7O7S2/c23-22-25-11(7-38-22)15(27-36)18(32)26-16-19(33)29-17(21(34)35)9(6-37-20(16)29)2-1-3-28-8-24-10-4-13(30)14(31)5-12(10)28/h1-2,4-5,7-8,16,20,30-31,36H,3,6H2,(H2,23,25)(H,26,32)(H,34,35)/b2-1+,27-15-/t16?,20-/m0/s1. The SMILES string of the molecule is Nc1nc(/C(=N/O)C(=O)NC2C(=O)N3C(C(=O)O)=C(/C=C/Cn4cnc5cc(O)c(O)cc54)CS[C@@H]23)cs1. The van der Waals surface area contributed by atoms with E-state index < -0.39 is 34.9 Å². The number of hydrogen-bond acceptors (Lipinski definition) is 12. The molecule has 2 aromatic heterocycles. The molecule has 14 nitrogen and oxygen atoms in total. The van der Waals surface area contributed by atoms with Gasteiger partial charge in [-0.1, -0.05) is 17.3 Å². The molecule has 4 heterocycles. The van der Waals surface area contributed by atoms with Gasteiger partial charge in [0.1, 0.15) is 22.8 Å². The number of nitrogens with zero attached hydrogens (tertiary/aromatic N) is 5. The lowest BCUT2D eigenvalue weighted by molar-refractivity contribution is -0.150. The molecule has 0 aliphatic carbocycles. The zero-order valence-electron chi connectivity index (χ0n) is 19.2. The number of carbonyl (C=O) groups excluding carboxylic acids is 2. The monoisotopic (exact) mass is 557 g/mol. The molecule has 3 aromatic rings. The first kappa shape index (κ1) is 25.1. The van der Waals surface area contributed by atoms with E-state index in [1.807, 2.05) is 0 Å². The summed E-state index contributed by atoms with van der Waals surface area (Å²) in [7, 11) is 0. The molecular formula is C22H19N7O7S2. The maximum Gasteiger partial charge on any atom is 0.352 e. The van der Waals surface area contributed by atoms with E-state index in [0.717, 1.165) is 16.2 Å². The average Bonchev–Trinajstić information content (AvgIpc) is 3.48. The van der Waals surface area contributed by atoms with Crippen LogP contribution in [0.4, 0.5) is 5.13 Å². The van der Waals surface area contributed by atoms with Crippen LogP contribution in [0.3, 0.4) is 0 Å². The van der Waals surface area contributed by atoms with Crippen molar-refractivity contribution in [3.63, 3.8) is 0 Å². The first-order valence-electron chi connectivity index (χ1n) is 10.9. The Kier molecular flexibility index (Phi) is 6.41. The van der Waals surface area contributed by atoms with Gasteiger partial charge in [-0.15, -0.1) is 23.1 Å². The van der Waals surface area contributed by atoms with Crippen LogP contribution in [0.25, 0.3) is 11.0 Å². The summed E-state index contributed by atoms with van der Waals surface area (Å²) in [5.41, 5.74) is 6.44. The van der Waals surface area contributed by atoms with Crippen LogP contribution in [0.15, 0.2) is 52.4 Å². The highest BCUT2D eigenvalue weighted by Gasteiger charge is 2.54. The number of phenols is 2. The van der Waals surface area contributed by atoms with Gasteiger partial charge in [0.2, 0.25) is 0 Å². The Hall–Kier alpha value is -4.57. The zero-order chi connectivity index (χ0) is 27.1. The molecule has 2 aliphatic rings. The number of aromatic hydroxyl groups is 2. The molecule has 196 valence electrons. The number of nitrogens with two attached hydrogens (primary N) is 1. The number of thioether (sulfide) groups is 1. The number of allylic oxidation sites excluding steroid dienone is 2. The van der Waals surface area contributed by atoms with Crippen molar-refractivity contribution in [2.75, 3.05) is 11.5 Å². The van der Waals surface area contributed by atoms with Crippen LogP contribution in [-0.4, -0.2) is 80.6 Å². The van der Waals surface area contributed by atoms with E-state index in [1.54, 1.807) is 16.7 Å². The van der Waals surface area contributed by atoms with Crippen molar-refractivity contribution in [2.24, 2.45) is 5.16 Å². The average molecular weight is 558 g/mol. The third kappa shape index (κ3) is 4.28. The number of aromatic nitrogens is 3. The minimum Gasteiger partial charge on any atom is -0.504 e. The fourth-order valence-electron chi connectivity index (χ4n) is 4.13. The molecular weight excluding hydrogens is 538 g/mol. The van der Waals surface area contributed by atoms with E-state index in [-0.39, 0.29) is 40.3 Å². The fraction of sp³-hybridized carbons (Fsp3) is 0.182. The Morgan fingerprint density at radius 3 is 2.74 bits per heavy atom. The Bertz CT molecular complexity index is 1570. The predicted molar refractivity (Wildman–Crippen MR) is 137 cm³/mol. The summed E-state index contributed by atoms with van der Waals surface area (Å²) in [6.07, 6.45) is 4.81. The number of oxime groups is 1. The Morgan fingerprint density at radius 2 is 2.05 bits per heavy atom. The molecule has 2 aliphatic heterocycles. The zero-order valence-corrected chi connectivity index (χ0v) is 20.8. The van der Waals surface area contributed by atoms with E-state index in [9.17, 15) is 34.9 Å². The lowest BCUT2D eigenvalue weighted by Gasteiger charge is -2.49. The minimum atomic E-state index is -1.29. The summed E-state index contributed by atoms with van der Waals surface area (Å²) in [5.74, 6) is -3.09. The fourth-order valence-corrected chi connectivity index (χ4v) is 5.99. The third-order valence-corrected chi connectivity index (χ3v) is 7.88. The molecule has 0 radical (unpaired) electrons. The van der Waals surface area contributed by atoms with E-state index in [0.29, 0.717) is 16.6 Å². The molecule has 2 amide bonds. The van der Waals surface area contributed by atoms with Crippen molar-refractivity contribution in [1.82, 2.24) is 24.8 Å². The largest absolute Gasteiger partial charge is 0.504 e. The van der Waals surface area contributed by atoms with Crippen LogP contribution < -0.4 is 11.1 Å². The molecule has 7 N–H and O–H groups in total. The van der Waals surface area contributed by atoms with E-state index in [1.165, 1.54) is 35.6 Å². The number of phenolic OH excluding ortho intramolecular Hbond substituents is 2. The summed E-state index contributed by atoms with van der Waals surface area (Å²) in [6, 6.07) is 1.68. The molecule has 1 saturated heterocycles. The number of nitrogens with one attached hydrogen (secondary N) is 1. The Labute approximate surface area is 221 Å². The molecule has 5 rings (SSSR count). The molecule has 0 saturated carbocycles. The predicted octanol–water partition coefficient (Wildman–Crippen LogP) is 0.660. The number of anilines is 1. The highest BCUT2D eigenvalue weighted by atomic mass is 32.2. The normalized spacial score (nSPS) is 19.6. The van der Waals surface area contributed by atoms with Crippen LogP contribution in [0, 0.1) is 0 Å². The van der Waals surface area contributed by atoms with Gasteiger partial charge in [0, 0.05) is 29.8 Å². The van der Waals surface area contributed by atoms with Crippen molar-refractivity contribution in [1.29, 1.82) is 0 Å². The highest BCUT2D eigenvalue weighted by Crippen LogP contribution is 2.40. The van der Waals surface area contributed by atoms with Crippen molar-refractivity contribution in [2.45, 2.75) is 18.0 Å². The minimum absolute atomic E-state index is 0.0451. The van der Waals surface area contributed by atoms with Crippen molar-refractivity contribution in [3.8, 4) is 11.5 Å². The van der Waals surface area contributed by atoms with Gasteiger partial charge >= 0.3 is 5.97 Å². The summed E-state index contributed by atoms with van der Waals surface area (Å²) < 4.78 is 1.70. The van der Waals surface area contributed by atoms with E-state index in [4.69, 9.17) is 5.73 Å². The number of benzene rings is 1. The maximum absolute atomic E-state index is 12.9. The summed E-state index contributed by atoms with van der Waals surface area (Å²) in [6.45, 7) is 0.280. The van der Waals surface area contributed by atoms with Crippen LogP contribution in [-0.2, 0) is 20.9 Å². The van der Waals surface area contributed by atoms with Gasteiger partial charge in [-0.25, -0.2) is 14.8 Å².